The fourth-order valence-electron chi connectivity index (χ4n) is 1.85. The Morgan fingerprint density at radius 3 is 2.54 bits per heavy atom. The molecular formula is C17H16N2O5. The van der Waals surface area contributed by atoms with Crippen molar-refractivity contribution in [1.82, 2.24) is 5.16 Å². The molecule has 0 aliphatic heterocycles. The number of carbonyl (C=O) groups is 2. The van der Waals surface area contributed by atoms with E-state index >= 15 is 0 Å². The lowest BCUT2D eigenvalue weighted by Gasteiger charge is -2.01. The van der Waals surface area contributed by atoms with Gasteiger partial charge in [0.25, 0.3) is 0 Å². The number of amides is 1. The number of hydrogen-bond acceptors (Lipinski definition) is 5. The first-order chi connectivity index (χ1) is 11.5. The van der Waals surface area contributed by atoms with Crippen LogP contribution in [-0.4, -0.2) is 29.2 Å². The third-order valence-corrected chi connectivity index (χ3v) is 3.06. The maximum absolute atomic E-state index is 11.7. The molecule has 0 saturated carbocycles. The molecule has 7 heteroatoms. The lowest BCUT2D eigenvalue weighted by molar-refractivity contribution is -0.131. The number of ether oxygens (including phenoxy) is 1. The number of carboxylic acids is 1. The van der Waals surface area contributed by atoms with E-state index in [0.29, 0.717) is 17.1 Å². The molecule has 0 radical (unpaired) electrons. The first-order valence-electron chi connectivity index (χ1n) is 7.00. The van der Waals surface area contributed by atoms with Gasteiger partial charge < -0.3 is 19.7 Å². The highest BCUT2D eigenvalue weighted by atomic mass is 16.5. The number of benzene rings is 1. The van der Waals surface area contributed by atoms with Gasteiger partial charge in [0.05, 0.1) is 7.11 Å². The third-order valence-electron chi connectivity index (χ3n) is 3.06. The molecule has 0 spiro atoms. The van der Waals surface area contributed by atoms with Gasteiger partial charge in [-0.25, -0.2) is 4.79 Å². The van der Waals surface area contributed by atoms with Crippen LogP contribution >= 0.6 is 0 Å². The molecule has 124 valence electrons. The molecule has 2 rings (SSSR count). The van der Waals surface area contributed by atoms with Crippen molar-refractivity contribution in [3.8, 4) is 5.75 Å². The number of aliphatic carboxylic acids is 1. The summed E-state index contributed by atoms with van der Waals surface area (Å²) in [7, 11) is 1.59. The van der Waals surface area contributed by atoms with E-state index in [1.807, 2.05) is 24.3 Å². The van der Waals surface area contributed by atoms with Gasteiger partial charge in [-0.05, 0) is 30.7 Å². The first kappa shape index (κ1) is 17.0. The highest BCUT2D eigenvalue weighted by Crippen LogP contribution is 2.23. The maximum atomic E-state index is 11.7. The van der Waals surface area contributed by atoms with Crippen LogP contribution in [0, 0.1) is 6.92 Å². The SMILES string of the molecule is COc1ccc(/C=C/c2onc(C)c2NC(=O)/C=C\C(=O)O)cc1. The molecule has 2 N–H and O–H groups in total. The van der Waals surface area contributed by atoms with Crippen molar-refractivity contribution in [1.29, 1.82) is 0 Å². The van der Waals surface area contributed by atoms with Gasteiger partial charge >= 0.3 is 5.97 Å². The van der Waals surface area contributed by atoms with Crippen LogP contribution in [0.1, 0.15) is 17.0 Å². The van der Waals surface area contributed by atoms with Crippen molar-refractivity contribution < 1.29 is 24.0 Å². The smallest absolute Gasteiger partial charge is 0.328 e. The van der Waals surface area contributed by atoms with Crippen LogP contribution in [0.4, 0.5) is 5.69 Å². The summed E-state index contributed by atoms with van der Waals surface area (Å²) >= 11 is 0. The third kappa shape index (κ3) is 4.57. The topological polar surface area (TPSA) is 102 Å². The quantitative estimate of drug-likeness (QED) is 0.791. The van der Waals surface area contributed by atoms with Crippen LogP contribution in [0.15, 0.2) is 40.9 Å². The van der Waals surface area contributed by atoms with Crippen LogP contribution < -0.4 is 10.1 Å². The Labute approximate surface area is 138 Å². The Bertz CT molecular complexity index is 788. The molecule has 7 nitrogen and oxygen atoms in total. The average Bonchev–Trinajstić information content (AvgIpc) is 2.92. The average molecular weight is 328 g/mol. The summed E-state index contributed by atoms with van der Waals surface area (Å²) in [5.41, 5.74) is 1.79. The van der Waals surface area contributed by atoms with Crippen LogP contribution in [0.2, 0.25) is 0 Å². The van der Waals surface area contributed by atoms with Crippen molar-refractivity contribution in [2.45, 2.75) is 6.92 Å². The summed E-state index contributed by atoms with van der Waals surface area (Å²) in [5, 5.41) is 14.9. The first-order valence-corrected chi connectivity index (χ1v) is 7.00. The lowest BCUT2D eigenvalue weighted by Crippen LogP contribution is -2.09. The van der Waals surface area contributed by atoms with Gasteiger partial charge in [-0.2, -0.15) is 0 Å². The van der Waals surface area contributed by atoms with Crippen molar-refractivity contribution in [3.05, 3.63) is 53.4 Å². The summed E-state index contributed by atoms with van der Waals surface area (Å²) in [6, 6.07) is 7.38. The van der Waals surface area contributed by atoms with Crippen LogP contribution in [0.25, 0.3) is 12.2 Å². The predicted octanol–water partition coefficient (Wildman–Crippen LogP) is 2.74. The van der Waals surface area contributed by atoms with Crippen LogP contribution in [-0.2, 0) is 9.59 Å². The van der Waals surface area contributed by atoms with Gasteiger partial charge in [0.1, 0.15) is 17.1 Å². The molecular weight excluding hydrogens is 312 g/mol. The van der Waals surface area contributed by atoms with E-state index in [1.54, 1.807) is 26.2 Å². The highest BCUT2D eigenvalue weighted by Gasteiger charge is 2.12. The monoisotopic (exact) mass is 328 g/mol. The van der Waals surface area contributed by atoms with E-state index in [4.69, 9.17) is 14.4 Å². The summed E-state index contributed by atoms with van der Waals surface area (Å²) < 4.78 is 10.3. The second kappa shape index (κ2) is 7.77. The van der Waals surface area contributed by atoms with Crippen molar-refractivity contribution in [2.75, 3.05) is 12.4 Å². The predicted molar refractivity (Wildman–Crippen MR) is 88.6 cm³/mol. The molecule has 24 heavy (non-hydrogen) atoms. The molecule has 1 aromatic heterocycles. The Balaban J connectivity index is 2.15. The highest BCUT2D eigenvalue weighted by molar-refractivity contribution is 6.03. The number of hydrogen-bond donors (Lipinski definition) is 2. The normalized spacial score (nSPS) is 11.1. The Morgan fingerprint density at radius 1 is 1.21 bits per heavy atom. The second-order valence-corrected chi connectivity index (χ2v) is 4.77. The summed E-state index contributed by atoms with van der Waals surface area (Å²) in [6.45, 7) is 1.67. The summed E-state index contributed by atoms with van der Waals surface area (Å²) in [5.74, 6) is -0.671. The molecule has 0 aliphatic carbocycles. The van der Waals surface area contributed by atoms with E-state index in [1.165, 1.54) is 0 Å². The van der Waals surface area contributed by atoms with Gasteiger partial charge in [0.15, 0.2) is 5.76 Å². The molecule has 0 atom stereocenters. The number of rotatable bonds is 6. The molecule has 0 bridgehead atoms. The van der Waals surface area contributed by atoms with Gasteiger partial charge in [-0.15, -0.1) is 0 Å². The molecule has 0 fully saturated rings. The number of carbonyl (C=O) groups excluding carboxylic acids is 1. The zero-order valence-corrected chi connectivity index (χ0v) is 13.1. The largest absolute Gasteiger partial charge is 0.497 e. The van der Waals surface area contributed by atoms with Crippen molar-refractivity contribution in [2.24, 2.45) is 0 Å². The molecule has 0 saturated heterocycles. The molecule has 1 heterocycles. The minimum absolute atomic E-state index is 0.361. The fraction of sp³-hybridized carbons (Fsp3) is 0.118. The Morgan fingerprint density at radius 2 is 1.92 bits per heavy atom. The zero-order valence-electron chi connectivity index (χ0n) is 13.1. The van der Waals surface area contributed by atoms with E-state index in [2.05, 4.69) is 10.5 Å². The van der Waals surface area contributed by atoms with Crippen molar-refractivity contribution >= 4 is 29.7 Å². The van der Waals surface area contributed by atoms with Gasteiger partial charge in [-0.3, -0.25) is 4.79 Å². The van der Waals surface area contributed by atoms with Gasteiger partial charge in [-0.1, -0.05) is 23.4 Å². The minimum Gasteiger partial charge on any atom is -0.497 e. The van der Waals surface area contributed by atoms with Gasteiger partial charge in [0, 0.05) is 12.2 Å². The number of carboxylic acid groups (broad SMARTS) is 1. The Hall–Kier alpha value is -3.35. The molecule has 1 aromatic carbocycles. The molecule has 2 aromatic rings. The molecule has 0 unspecified atom stereocenters. The van der Waals surface area contributed by atoms with Gasteiger partial charge in [0.2, 0.25) is 5.91 Å². The standard InChI is InChI=1S/C17H16N2O5/c1-11-17(18-15(20)9-10-16(21)22)14(24-19-11)8-5-12-3-6-13(23-2)7-4-12/h3-10H,1-2H3,(H,18,20)(H,21,22)/b8-5+,10-9-. The second-order valence-electron chi connectivity index (χ2n) is 4.77. The lowest BCUT2D eigenvalue weighted by atomic mass is 10.2. The number of aryl methyl sites for hydroxylation is 1. The molecule has 1 amide bonds. The van der Waals surface area contributed by atoms with Crippen LogP contribution in [0.3, 0.4) is 0 Å². The molecule has 0 aliphatic rings. The van der Waals surface area contributed by atoms with Crippen LogP contribution in [0.5, 0.6) is 5.75 Å². The summed E-state index contributed by atoms with van der Waals surface area (Å²) in [4.78, 5) is 22.1. The fourth-order valence-corrected chi connectivity index (χ4v) is 1.85. The maximum Gasteiger partial charge on any atom is 0.328 e. The zero-order chi connectivity index (χ0) is 17.5. The number of anilines is 1. The minimum atomic E-state index is -1.20. The Kier molecular flexibility index (Phi) is 5.51. The van der Waals surface area contributed by atoms with E-state index in [-0.39, 0.29) is 0 Å². The number of methoxy groups -OCH3 is 1. The van der Waals surface area contributed by atoms with E-state index in [9.17, 15) is 9.59 Å². The number of nitrogens with zero attached hydrogens (tertiary/aromatic N) is 1. The van der Waals surface area contributed by atoms with E-state index in [0.717, 1.165) is 23.5 Å². The van der Waals surface area contributed by atoms with Crippen molar-refractivity contribution in [3.63, 3.8) is 0 Å². The van der Waals surface area contributed by atoms with E-state index < -0.39 is 11.9 Å². The number of nitrogens with one attached hydrogen (secondary N) is 1. The summed E-state index contributed by atoms with van der Waals surface area (Å²) in [6.07, 6.45) is 5.14. The number of aromatic nitrogens is 1.